The fourth-order valence-electron chi connectivity index (χ4n) is 3.21. The van der Waals surface area contributed by atoms with Crippen LogP contribution in [0.3, 0.4) is 0 Å². The molecule has 0 unspecified atom stereocenters. The van der Waals surface area contributed by atoms with Gasteiger partial charge in [0.1, 0.15) is 12.7 Å². The van der Waals surface area contributed by atoms with Gasteiger partial charge in [-0.25, -0.2) is 0 Å². The summed E-state index contributed by atoms with van der Waals surface area (Å²) in [7, 11) is -1.95. The van der Waals surface area contributed by atoms with Crippen LogP contribution in [-0.2, 0) is 23.5 Å². The van der Waals surface area contributed by atoms with Gasteiger partial charge in [-0.2, -0.15) is 0 Å². The molecule has 2 fully saturated rings. The molecule has 144 valence electrons. The molecule has 0 N–H and O–H groups in total. The van der Waals surface area contributed by atoms with Gasteiger partial charge < -0.3 is 13.9 Å². The minimum absolute atomic E-state index is 0.0248. The fraction of sp³-hybridized carbons (Fsp3) is 0.895. The van der Waals surface area contributed by atoms with Gasteiger partial charge in [-0.3, -0.25) is 9.59 Å². The molecule has 1 heterocycles. The number of hydrogen-bond donors (Lipinski definition) is 0. The summed E-state index contributed by atoms with van der Waals surface area (Å²) < 4.78 is 17.6. The SMILES string of the molecule is CC(C)(C)C(=O)OC[C@H]1OC(=O)[C@H]2C[C@H](O[Si](C)(C)C(C)(C)C)[C@]21C. The third-order valence-corrected chi connectivity index (χ3v) is 10.8. The van der Waals surface area contributed by atoms with Crippen LogP contribution in [-0.4, -0.2) is 39.1 Å². The zero-order valence-electron chi connectivity index (χ0n) is 17.2. The van der Waals surface area contributed by atoms with Gasteiger partial charge in [0, 0.05) is 5.41 Å². The van der Waals surface area contributed by atoms with Crippen LogP contribution in [0.5, 0.6) is 0 Å². The molecule has 1 saturated carbocycles. The van der Waals surface area contributed by atoms with E-state index in [0.29, 0.717) is 6.42 Å². The highest BCUT2D eigenvalue weighted by Gasteiger charge is 2.67. The van der Waals surface area contributed by atoms with Crippen molar-refractivity contribution in [1.29, 1.82) is 0 Å². The molecular formula is C19H34O5Si. The van der Waals surface area contributed by atoms with Crippen molar-refractivity contribution in [3.63, 3.8) is 0 Å². The highest BCUT2D eigenvalue weighted by Crippen LogP contribution is 2.58. The molecule has 5 nitrogen and oxygen atoms in total. The first-order valence-corrected chi connectivity index (χ1v) is 12.1. The number of carbonyl (C=O) groups is 2. The van der Waals surface area contributed by atoms with E-state index < -0.39 is 25.3 Å². The van der Waals surface area contributed by atoms with Crippen LogP contribution in [0.1, 0.15) is 54.9 Å². The fourth-order valence-corrected chi connectivity index (χ4v) is 4.62. The summed E-state index contributed by atoms with van der Waals surface area (Å²) in [5.74, 6) is -0.619. The maximum Gasteiger partial charge on any atom is 0.311 e. The zero-order valence-corrected chi connectivity index (χ0v) is 18.2. The number of hydrogen-bond acceptors (Lipinski definition) is 5. The van der Waals surface area contributed by atoms with Gasteiger partial charge in [-0.15, -0.1) is 0 Å². The topological polar surface area (TPSA) is 61.8 Å². The molecular weight excluding hydrogens is 336 g/mol. The molecule has 2 aliphatic rings. The lowest BCUT2D eigenvalue weighted by Gasteiger charge is -2.53. The molecule has 0 aromatic rings. The molecule has 4 atom stereocenters. The summed E-state index contributed by atoms with van der Waals surface area (Å²) in [5, 5.41) is 0.103. The van der Waals surface area contributed by atoms with Crippen molar-refractivity contribution in [2.45, 2.75) is 85.2 Å². The minimum Gasteiger partial charge on any atom is -0.461 e. The van der Waals surface area contributed by atoms with E-state index in [2.05, 4.69) is 33.9 Å². The van der Waals surface area contributed by atoms with Gasteiger partial charge in [0.15, 0.2) is 8.32 Å². The number of fused-ring (bicyclic) bond motifs is 1. The second kappa shape index (κ2) is 6.08. The van der Waals surface area contributed by atoms with Crippen molar-refractivity contribution >= 4 is 20.3 Å². The van der Waals surface area contributed by atoms with Gasteiger partial charge in [-0.1, -0.05) is 27.7 Å². The average molecular weight is 371 g/mol. The summed E-state index contributed by atoms with van der Waals surface area (Å²) in [6.45, 7) is 18.6. The van der Waals surface area contributed by atoms with E-state index >= 15 is 0 Å². The van der Waals surface area contributed by atoms with Crippen LogP contribution in [0.2, 0.25) is 18.1 Å². The Labute approximate surface area is 152 Å². The van der Waals surface area contributed by atoms with E-state index in [4.69, 9.17) is 13.9 Å². The quantitative estimate of drug-likeness (QED) is 0.554. The maximum absolute atomic E-state index is 12.2. The molecule has 0 spiro atoms. The monoisotopic (exact) mass is 370 g/mol. The van der Waals surface area contributed by atoms with Crippen LogP contribution in [0, 0.1) is 16.7 Å². The number of ether oxygens (including phenoxy) is 2. The van der Waals surface area contributed by atoms with Gasteiger partial charge in [-0.05, 0) is 45.3 Å². The van der Waals surface area contributed by atoms with Crippen LogP contribution in [0.4, 0.5) is 0 Å². The number of carbonyl (C=O) groups excluding carboxylic acids is 2. The second-order valence-electron chi connectivity index (χ2n) is 10.3. The molecule has 1 aliphatic carbocycles. The molecule has 6 heteroatoms. The number of rotatable bonds is 4. The Kier molecular flexibility index (Phi) is 4.97. The molecule has 1 saturated heterocycles. The van der Waals surface area contributed by atoms with Crippen LogP contribution in [0.25, 0.3) is 0 Å². The first kappa shape index (κ1) is 20.4. The van der Waals surface area contributed by atoms with E-state index in [9.17, 15) is 9.59 Å². The van der Waals surface area contributed by atoms with E-state index in [1.54, 1.807) is 0 Å². The largest absolute Gasteiger partial charge is 0.461 e. The molecule has 0 radical (unpaired) electrons. The molecule has 2 rings (SSSR count). The Bertz CT molecular complexity index is 557. The van der Waals surface area contributed by atoms with Crippen LogP contribution >= 0.6 is 0 Å². The van der Waals surface area contributed by atoms with Gasteiger partial charge in [0.05, 0.1) is 17.4 Å². The van der Waals surface area contributed by atoms with Crippen LogP contribution in [0.15, 0.2) is 0 Å². The predicted octanol–water partition coefficient (Wildman–Crippen LogP) is 3.92. The van der Waals surface area contributed by atoms with Crippen LogP contribution < -0.4 is 0 Å². The summed E-state index contributed by atoms with van der Waals surface area (Å²) in [5.41, 5.74) is -0.982. The number of cyclic esters (lactones) is 1. The van der Waals surface area contributed by atoms with Crippen molar-refractivity contribution in [3.05, 3.63) is 0 Å². The lowest BCUT2D eigenvalue weighted by Crippen LogP contribution is -2.61. The summed E-state index contributed by atoms with van der Waals surface area (Å²) in [6, 6.07) is 0. The van der Waals surface area contributed by atoms with Crippen molar-refractivity contribution < 1.29 is 23.5 Å². The highest BCUT2D eigenvalue weighted by molar-refractivity contribution is 6.74. The van der Waals surface area contributed by atoms with Crippen molar-refractivity contribution in [2.75, 3.05) is 6.61 Å². The predicted molar refractivity (Wildman–Crippen MR) is 98.6 cm³/mol. The van der Waals surface area contributed by atoms with Gasteiger partial charge >= 0.3 is 11.9 Å². The van der Waals surface area contributed by atoms with E-state index in [1.165, 1.54) is 0 Å². The highest BCUT2D eigenvalue weighted by atomic mass is 28.4. The molecule has 1 aliphatic heterocycles. The van der Waals surface area contributed by atoms with E-state index in [-0.39, 0.29) is 35.6 Å². The summed E-state index contributed by atoms with van der Waals surface area (Å²) in [6.07, 6.45) is 0.244. The molecule has 0 aromatic heterocycles. The maximum atomic E-state index is 12.2. The second-order valence-corrected chi connectivity index (χ2v) is 15.1. The number of esters is 2. The molecule has 0 amide bonds. The minimum atomic E-state index is -1.95. The third kappa shape index (κ3) is 3.52. The lowest BCUT2D eigenvalue weighted by molar-refractivity contribution is -0.164. The Hall–Kier alpha value is -0.883. The third-order valence-electron chi connectivity index (χ3n) is 6.35. The Morgan fingerprint density at radius 2 is 1.80 bits per heavy atom. The van der Waals surface area contributed by atoms with E-state index in [0.717, 1.165) is 0 Å². The van der Waals surface area contributed by atoms with Crippen molar-refractivity contribution in [3.8, 4) is 0 Å². The van der Waals surface area contributed by atoms with Crippen molar-refractivity contribution in [1.82, 2.24) is 0 Å². The molecule has 25 heavy (non-hydrogen) atoms. The van der Waals surface area contributed by atoms with E-state index in [1.807, 2.05) is 27.7 Å². The zero-order chi connectivity index (χ0) is 19.4. The lowest BCUT2D eigenvalue weighted by atomic mass is 9.58. The normalized spacial score (nSPS) is 32.7. The van der Waals surface area contributed by atoms with Gasteiger partial charge in [0.2, 0.25) is 0 Å². The standard InChI is InChI=1S/C19H34O5Si/c1-17(2,3)16(21)22-11-14-19(7)12(15(20)23-14)10-13(19)24-25(8,9)18(4,5)6/h12-14H,10-11H2,1-9H3/t12-,13+,14-,19+/m1/s1. The Morgan fingerprint density at radius 3 is 2.28 bits per heavy atom. The molecule has 0 aromatic carbocycles. The summed E-state index contributed by atoms with van der Waals surface area (Å²) >= 11 is 0. The Morgan fingerprint density at radius 1 is 1.24 bits per heavy atom. The Balaban J connectivity index is 2.10. The molecule has 0 bridgehead atoms. The smallest absolute Gasteiger partial charge is 0.311 e. The average Bonchev–Trinajstić information content (AvgIpc) is 2.61. The summed E-state index contributed by atoms with van der Waals surface area (Å²) in [4.78, 5) is 24.3. The van der Waals surface area contributed by atoms with Gasteiger partial charge in [0.25, 0.3) is 0 Å². The van der Waals surface area contributed by atoms with Crippen molar-refractivity contribution in [2.24, 2.45) is 16.7 Å². The first-order chi connectivity index (χ1) is 11.1. The first-order valence-electron chi connectivity index (χ1n) is 9.16.